The van der Waals surface area contributed by atoms with Crippen LogP contribution in [0.1, 0.15) is 31.4 Å². The summed E-state index contributed by atoms with van der Waals surface area (Å²) < 4.78 is 37.9. The zero-order valence-corrected chi connectivity index (χ0v) is 11.1. The van der Waals surface area contributed by atoms with Crippen LogP contribution in [-0.2, 0) is 12.6 Å². The van der Waals surface area contributed by atoms with E-state index in [0.717, 1.165) is 12.6 Å². The maximum absolute atomic E-state index is 12.6. The first-order chi connectivity index (χ1) is 8.97. The monoisotopic (exact) mass is 269 g/mol. The van der Waals surface area contributed by atoms with Crippen LogP contribution in [0.5, 0.6) is 0 Å². The Morgan fingerprint density at radius 2 is 2.05 bits per heavy atom. The number of alkyl halides is 3. The van der Waals surface area contributed by atoms with Crippen molar-refractivity contribution in [3.8, 4) is 11.8 Å². The van der Waals surface area contributed by atoms with Crippen LogP contribution in [0.2, 0.25) is 0 Å². The van der Waals surface area contributed by atoms with Crippen LogP contribution >= 0.6 is 0 Å². The van der Waals surface area contributed by atoms with Gasteiger partial charge in [-0.2, -0.15) is 13.2 Å². The molecule has 1 aromatic carbocycles. The highest BCUT2D eigenvalue weighted by Gasteiger charge is 2.30. The molecule has 0 saturated heterocycles. The smallest absolute Gasteiger partial charge is 0.313 e. The third-order valence-electron chi connectivity index (χ3n) is 2.75. The van der Waals surface area contributed by atoms with Crippen molar-refractivity contribution >= 4 is 0 Å². The molecule has 4 heteroatoms. The molecule has 0 saturated carbocycles. The van der Waals surface area contributed by atoms with Gasteiger partial charge in [-0.3, -0.25) is 0 Å². The van der Waals surface area contributed by atoms with Crippen molar-refractivity contribution in [1.29, 1.82) is 0 Å². The first kappa shape index (κ1) is 15.6. The molecule has 0 spiro atoms. The molecule has 104 valence electrons. The van der Waals surface area contributed by atoms with E-state index in [1.165, 1.54) is 12.1 Å². The van der Waals surface area contributed by atoms with Gasteiger partial charge in [0.05, 0.1) is 5.56 Å². The van der Waals surface area contributed by atoms with Gasteiger partial charge in [0.1, 0.15) is 0 Å². The summed E-state index contributed by atoms with van der Waals surface area (Å²) >= 11 is 0. The predicted molar refractivity (Wildman–Crippen MR) is 70.7 cm³/mol. The van der Waals surface area contributed by atoms with E-state index in [4.69, 9.17) is 0 Å². The third kappa shape index (κ3) is 5.35. The molecule has 1 N–H and O–H groups in total. The molecule has 19 heavy (non-hydrogen) atoms. The number of hydrogen-bond acceptors (Lipinski definition) is 1. The average molecular weight is 269 g/mol. The van der Waals surface area contributed by atoms with Gasteiger partial charge < -0.3 is 5.32 Å². The Kier molecular flexibility index (Phi) is 5.91. The third-order valence-corrected chi connectivity index (χ3v) is 2.75. The summed E-state index contributed by atoms with van der Waals surface area (Å²) in [5, 5.41) is 3.24. The molecular formula is C15H18F3N. The molecule has 0 aliphatic rings. The molecule has 1 unspecified atom stereocenters. The van der Waals surface area contributed by atoms with Crippen molar-refractivity contribution in [2.75, 3.05) is 6.54 Å². The minimum Gasteiger partial charge on any atom is -0.313 e. The Hall–Kier alpha value is -1.47. The summed E-state index contributed by atoms with van der Waals surface area (Å²) in [6.07, 6.45) is -3.10. The van der Waals surface area contributed by atoms with Crippen LogP contribution in [0, 0.1) is 11.8 Å². The molecule has 0 aliphatic heterocycles. The van der Waals surface area contributed by atoms with Gasteiger partial charge in [0.15, 0.2) is 0 Å². The zero-order valence-electron chi connectivity index (χ0n) is 11.1. The van der Waals surface area contributed by atoms with E-state index in [9.17, 15) is 13.2 Å². The molecule has 1 nitrogen and oxygen atoms in total. The lowest BCUT2D eigenvalue weighted by Crippen LogP contribution is -2.30. The van der Waals surface area contributed by atoms with E-state index >= 15 is 0 Å². The van der Waals surface area contributed by atoms with Gasteiger partial charge in [0, 0.05) is 12.5 Å². The van der Waals surface area contributed by atoms with E-state index in [-0.39, 0.29) is 6.04 Å². The van der Waals surface area contributed by atoms with Crippen LogP contribution < -0.4 is 5.32 Å². The second kappa shape index (κ2) is 7.20. The predicted octanol–water partition coefficient (Wildman–Crippen LogP) is 3.64. The summed E-state index contributed by atoms with van der Waals surface area (Å²) in [7, 11) is 0. The summed E-state index contributed by atoms with van der Waals surface area (Å²) in [4.78, 5) is 0. The summed E-state index contributed by atoms with van der Waals surface area (Å²) in [5.41, 5.74) is 0.0838. The molecule has 1 atom stereocenters. The quantitative estimate of drug-likeness (QED) is 0.805. The largest absolute Gasteiger partial charge is 0.416 e. The topological polar surface area (TPSA) is 12.0 Å². The second-order valence-electron chi connectivity index (χ2n) is 4.29. The average Bonchev–Trinajstić information content (AvgIpc) is 2.35. The number of halogens is 3. The standard InChI is InChI=1S/C15H18F3N/c1-3-5-9-14(19-4-2)11-12-7-6-8-13(10-12)15(16,17)18/h6-8,10,14,19H,4,9,11H2,1-2H3. The first-order valence-electron chi connectivity index (χ1n) is 6.26. The summed E-state index contributed by atoms with van der Waals surface area (Å²) in [6, 6.07) is 5.56. The molecular weight excluding hydrogens is 251 g/mol. The number of nitrogens with one attached hydrogen (secondary N) is 1. The maximum atomic E-state index is 12.6. The molecule has 0 fully saturated rings. The summed E-state index contributed by atoms with van der Waals surface area (Å²) in [6.45, 7) is 4.50. The minimum atomic E-state index is -4.28. The van der Waals surface area contributed by atoms with Crippen LogP contribution in [0.3, 0.4) is 0 Å². The highest BCUT2D eigenvalue weighted by molar-refractivity contribution is 5.26. The van der Waals surface area contributed by atoms with Crippen molar-refractivity contribution < 1.29 is 13.2 Å². The Morgan fingerprint density at radius 3 is 2.63 bits per heavy atom. The number of rotatable bonds is 5. The van der Waals surface area contributed by atoms with Gasteiger partial charge in [0.2, 0.25) is 0 Å². The fourth-order valence-corrected chi connectivity index (χ4v) is 1.89. The Labute approximate surface area is 112 Å². The van der Waals surface area contributed by atoms with E-state index in [1.807, 2.05) is 6.92 Å². The molecule has 1 rings (SSSR count). The molecule has 0 amide bonds. The van der Waals surface area contributed by atoms with Crippen LogP contribution in [0.25, 0.3) is 0 Å². The van der Waals surface area contributed by atoms with Crippen LogP contribution in [0.15, 0.2) is 24.3 Å². The number of hydrogen-bond donors (Lipinski definition) is 1. The van der Waals surface area contributed by atoms with Crippen molar-refractivity contribution in [3.63, 3.8) is 0 Å². The highest BCUT2D eigenvalue weighted by atomic mass is 19.4. The van der Waals surface area contributed by atoms with Gasteiger partial charge in [-0.05, 0) is 31.5 Å². The van der Waals surface area contributed by atoms with Crippen molar-refractivity contribution in [3.05, 3.63) is 35.4 Å². The maximum Gasteiger partial charge on any atom is 0.416 e. The van der Waals surface area contributed by atoms with E-state index < -0.39 is 11.7 Å². The van der Waals surface area contributed by atoms with Gasteiger partial charge >= 0.3 is 6.18 Å². The molecule has 1 aromatic rings. The van der Waals surface area contributed by atoms with Crippen LogP contribution in [-0.4, -0.2) is 12.6 Å². The fraction of sp³-hybridized carbons (Fsp3) is 0.467. The van der Waals surface area contributed by atoms with E-state index in [1.54, 1.807) is 13.0 Å². The Balaban J connectivity index is 2.80. The first-order valence-corrected chi connectivity index (χ1v) is 6.26. The SMILES string of the molecule is CC#CCC(Cc1cccc(C(F)(F)F)c1)NCC. The molecule has 0 radical (unpaired) electrons. The summed E-state index contributed by atoms with van der Waals surface area (Å²) in [5.74, 6) is 5.77. The van der Waals surface area contributed by atoms with Crippen molar-refractivity contribution in [2.45, 2.75) is 38.9 Å². The second-order valence-corrected chi connectivity index (χ2v) is 4.29. The van der Waals surface area contributed by atoms with Gasteiger partial charge in [-0.1, -0.05) is 25.1 Å². The lowest BCUT2D eigenvalue weighted by Gasteiger charge is -2.16. The minimum absolute atomic E-state index is 0.0842. The van der Waals surface area contributed by atoms with Gasteiger partial charge in [0.25, 0.3) is 0 Å². The van der Waals surface area contributed by atoms with Crippen molar-refractivity contribution in [2.24, 2.45) is 0 Å². The number of benzene rings is 1. The van der Waals surface area contributed by atoms with E-state index in [0.29, 0.717) is 18.4 Å². The molecule has 0 aromatic heterocycles. The van der Waals surface area contributed by atoms with Gasteiger partial charge in [-0.15, -0.1) is 11.8 Å². The highest BCUT2D eigenvalue weighted by Crippen LogP contribution is 2.29. The lowest BCUT2D eigenvalue weighted by atomic mass is 10.0. The molecule has 0 aliphatic carbocycles. The lowest BCUT2D eigenvalue weighted by molar-refractivity contribution is -0.137. The molecule has 0 heterocycles. The number of likely N-dealkylation sites (N-methyl/N-ethyl adjacent to an activating group) is 1. The zero-order chi connectivity index (χ0) is 14.3. The van der Waals surface area contributed by atoms with Crippen molar-refractivity contribution in [1.82, 2.24) is 5.32 Å². The Morgan fingerprint density at radius 1 is 1.32 bits per heavy atom. The molecule has 0 bridgehead atoms. The fourth-order valence-electron chi connectivity index (χ4n) is 1.89. The normalized spacial score (nSPS) is 12.7. The van der Waals surface area contributed by atoms with E-state index in [2.05, 4.69) is 17.2 Å². The van der Waals surface area contributed by atoms with Gasteiger partial charge in [-0.25, -0.2) is 0 Å². The Bertz CT molecular complexity index is 454. The van der Waals surface area contributed by atoms with Crippen LogP contribution in [0.4, 0.5) is 13.2 Å².